The normalized spacial score (nSPS) is 25.8. The molecular weight excluding hydrogens is 352 g/mol. The van der Waals surface area contributed by atoms with Crippen LogP contribution >= 0.6 is 11.8 Å². The molecule has 3 aromatic rings. The molecule has 1 fully saturated rings. The number of H-pyrrole nitrogens is 1. The third-order valence-corrected chi connectivity index (χ3v) is 5.76. The molecule has 2 aromatic heterocycles. The van der Waals surface area contributed by atoms with Crippen LogP contribution in [0.2, 0.25) is 0 Å². The van der Waals surface area contributed by atoms with Gasteiger partial charge in [-0.2, -0.15) is 0 Å². The quantitative estimate of drug-likeness (QED) is 0.289. The monoisotopic (exact) mass is 372 g/mol. The number of fused-ring (bicyclic) bond motifs is 1. The minimum Gasteiger partial charge on any atom is -0.399 e. The summed E-state index contributed by atoms with van der Waals surface area (Å²) in [5.41, 5.74) is 14.4. The molecule has 1 aliphatic heterocycles. The maximum atomic E-state index is 10.5. The van der Waals surface area contributed by atoms with Gasteiger partial charge in [-0.25, -0.2) is 9.97 Å². The average Bonchev–Trinajstić information content (AvgIpc) is 3.17. The Kier molecular flexibility index (Phi) is 4.45. The first-order valence-electron chi connectivity index (χ1n) is 8.22. The van der Waals surface area contributed by atoms with Crippen LogP contribution in [0.5, 0.6) is 0 Å². The lowest BCUT2D eigenvalue weighted by atomic mass is 10.0. The summed E-state index contributed by atoms with van der Waals surface area (Å²) in [6, 6.07) is 6.86. The Balaban J connectivity index is 1.53. The number of anilines is 2. The van der Waals surface area contributed by atoms with Gasteiger partial charge in [-0.05, 0) is 18.2 Å². The number of hydrogen-bond donors (Lipinski definition) is 6. The number of nitrogens with two attached hydrogens (primary N) is 2. The predicted octanol–water partition coefficient (Wildman–Crippen LogP) is 0.649. The summed E-state index contributed by atoms with van der Waals surface area (Å²) in [7, 11) is 0. The van der Waals surface area contributed by atoms with Crippen LogP contribution in [0.15, 0.2) is 41.7 Å². The van der Waals surface area contributed by atoms with Gasteiger partial charge in [0.2, 0.25) is 0 Å². The van der Waals surface area contributed by atoms with Gasteiger partial charge in [-0.3, -0.25) is 0 Å². The molecule has 8 nitrogen and oxygen atoms in total. The number of rotatable bonds is 4. The van der Waals surface area contributed by atoms with E-state index >= 15 is 0 Å². The van der Waals surface area contributed by atoms with E-state index in [0.29, 0.717) is 28.3 Å². The SMILES string of the molecule is Nc1cccc(SC[C@H]2N[C@@H](c3c[nH]c4c(N)ncnc34)[C@H](O)[C@@H]2O)c1. The molecule has 4 atom stereocenters. The van der Waals surface area contributed by atoms with Gasteiger partial charge in [0.1, 0.15) is 17.9 Å². The minimum atomic E-state index is -0.948. The van der Waals surface area contributed by atoms with E-state index < -0.39 is 18.2 Å². The highest BCUT2D eigenvalue weighted by molar-refractivity contribution is 7.99. The molecule has 136 valence electrons. The number of aromatic nitrogens is 3. The van der Waals surface area contributed by atoms with Crippen molar-refractivity contribution in [1.29, 1.82) is 0 Å². The largest absolute Gasteiger partial charge is 0.399 e. The van der Waals surface area contributed by atoms with Gasteiger partial charge in [-0.1, -0.05) is 6.07 Å². The van der Waals surface area contributed by atoms with Crippen LogP contribution in [-0.4, -0.2) is 49.2 Å². The second-order valence-electron chi connectivity index (χ2n) is 6.34. The van der Waals surface area contributed by atoms with E-state index in [1.807, 2.05) is 24.3 Å². The second kappa shape index (κ2) is 6.76. The summed E-state index contributed by atoms with van der Waals surface area (Å²) < 4.78 is 0. The van der Waals surface area contributed by atoms with Crippen LogP contribution in [0, 0.1) is 0 Å². The number of thioether (sulfide) groups is 1. The smallest absolute Gasteiger partial charge is 0.151 e. The van der Waals surface area contributed by atoms with E-state index in [9.17, 15) is 10.2 Å². The van der Waals surface area contributed by atoms with E-state index in [4.69, 9.17) is 11.5 Å². The van der Waals surface area contributed by atoms with Gasteiger partial charge in [0.05, 0.1) is 17.7 Å². The molecule has 0 unspecified atom stereocenters. The lowest BCUT2D eigenvalue weighted by Gasteiger charge is -2.15. The molecule has 8 N–H and O–H groups in total. The highest BCUT2D eigenvalue weighted by Crippen LogP contribution is 2.34. The fourth-order valence-electron chi connectivity index (χ4n) is 3.29. The topological polar surface area (TPSA) is 146 Å². The van der Waals surface area contributed by atoms with Crippen molar-refractivity contribution in [2.75, 3.05) is 17.2 Å². The van der Waals surface area contributed by atoms with Crippen molar-refractivity contribution in [2.45, 2.75) is 29.2 Å². The fraction of sp³-hybridized carbons (Fsp3) is 0.294. The predicted molar refractivity (Wildman–Crippen MR) is 102 cm³/mol. The molecular formula is C17H20N6O2S. The highest BCUT2D eigenvalue weighted by atomic mass is 32.2. The van der Waals surface area contributed by atoms with Crippen LogP contribution < -0.4 is 16.8 Å². The molecule has 1 aromatic carbocycles. The van der Waals surface area contributed by atoms with Crippen LogP contribution in [0.1, 0.15) is 11.6 Å². The highest BCUT2D eigenvalue weighted by Gasteiger charge is 2.42. The molecule has 0 amide bonds. The molecule has 0 bridgehead atoms. The number of aliphatic hydroxyl groups excluding tert-OH is 2. The Hall–Kier alpha value is -2.33. The van der Waals surface area contributed by atoms with Crippen molar-refractivity contribution < 1.29 is 10.2 Å². The summed E-state index contributed by atoms with van der Waals surface area (Å²) in [4.78, 5) is 12.3. The Bertz CT molecular complexity index is 933. The Morgan fingerprint density at radius 3 is 2.81 bits per heavy atom. The summed E-state index contributed by atoms with van der Waals surface area (Å²) in [5.74, 6) is 0.945. The number of nitrogen functional groups attached to an aromatic ring is 2. The summed E-state index contributed by atoms with van der Waals surface area (Å²) >= 11 is 1.58. The van der Waals surface area contributed by atoms with Gasteiger partial charge in [0.15, 0.2) is 5.82 Å². The van der Waals surface area contributed by atoms with Gasteiger partial charge < -0.3 is 32.0 Å². The average molecular weight is 372 g/mol. The first kappa shape index (κ1) is 17.1. The number of benzene rings is 1. The van der Waals surface area contributed by atoms with Gasteiger partial charge in [0, 0.05) is 34.1 Å². The number of nitrogens with zero attached hydrogens (tertiary/aromatic N) is 2. The van der Waals surface area contributed by atoms with E-state index in [0.717, 1.165) is 10.5 Å². The molecule has 1 saturated heterocycles. The van der Waals surface area contributed by atoms with Crippen LogP contribution in [0.4, 0.5) is 11.5 Å². The van der Waals surface area contributed by atoms with Crippen molar-refractivity contribution in [3.63, 3.8) is 0 Å². The molecule has 0 aliphatic carbocycles. The van der Waals surface area contributed by atoms with Crippen molar-refractivity contribution in [2.24, 2.45) is 0 Å². The third kappa shape index (κ3) is 2.99. The van der Waals surface area contributed by atoms with Gasteiger partial charge in [-0.15, -0.1) is 11.8 Å². The molecule has 4 rings (SSSR count). The summed E-state index contributed by atoms with van der Waals surface area (Å²) in [6.45, 7) is 0. The molecule has 0 saturated carbocycles. The first-order chi connectivity index (χ1) is 12.5. The van der Waals surface area contributed by atoms with Crippen molar-refractivity contribution in [1.82, 2.24) is 20.3 Å². The first-order valence-corrected chi connectivity index (χ1v) is 9.21. The van der Waals surface area contributed by atoms with E-state index in [1.54, 1.807) is 18.0 Å². The van der Waals surface area contributed by atoms with Gasteiger partial charge >= 0.3 is 0 Å². The van der Waals surface area contributed by atoms with Crippen LogP contribution in [0.3, 0.4) is 0 Å². The lowest BCUT2D eigenvalue weighted by molar-refractivity contribution is 0.0308. The number of aromatic amines is 1. The van der Waals surface area contributed by atoms with E-state index in [-0.39, 0.29) is 6.04 Å². The Labute approximate surface area is 154 Å². The fourth-order valence-corrected chi connectivity index (χ4v) is 4.35. The van der Waals surface area contributed by atoms with Crippen molar-refractivity contribution in [3.05, 3.63) is 42.4 Å². The standard InChI is InChI=1S/C17H20N6O2S/c18-8-2-1-3-9(4-8)26-6-11-15(24)16(25)13(23-11)10-5-20-14-12(10)21-7-22-17(14)19/h1-5,7,11,13,15-16,20,23-25H,6,18H2,(H2,19,21,22)/t11-,13+,15-,16+/m1/s1. The minimum absolute atomic E-state index is 0.273. The molecule has 3 heterocycles. The van der Waals surface area contributed by atoms with Crippen LogP contribution in [0.25, 0.3) is 11.0 Å². The maximum Gasteiger partial charge on any atom is 0.151 e. The molecule has 9 heteroatoms. The zero-order chi connectivity index (χ0) is 18.3. The molecule has 1 aliphatic rings. The molecule has 0 spiro atoms. The number of aliphatic hydroxyl groups is 2. The number of nitrogens with one attached hydrogen (secondary N) is 2. The molecule has 0 radical (unpaired) electrons. The summed E-state index contributed by atoms with van der Waals surface area (Å²) in [6.07, 6.45) is 1.30. The zero-order valence-corrected chi connectivity index (χ0v) is 14.6. The van der Waals surface area contributed by atoms with E-state index in [2.05, 4.69) is 20.3 Å². The van der Waals surface area contributed by atoms with E-state index in [1.165, 1.54) is 6.33 Å². The maximum absolute atomic E-state index is 10.5. The van der Waals surface area contributed by atoms with Gasteiger partial charge in [0.25, 0.3) is 0 Å². The second-order valence-corrected chi connectivity index (χ2v) is 7.44. The molecule has 26 heavy (non-hydrogen) atoms. The lowest BCUT2D eigenvalue weighted by Crippen LogP contribution is -2.35. The van der Waals surface area contributed by atoms with Crippen LogP contribution in [-0.2, 0) is 0 Å². The summed E-state index contributed by atoms with van der Waals surface area (Å²) in [5, 5.41) is 24.3. The Morgan fingerprint density at radius 2 is 2.00 bits per heavy atom. The number of hydrogen-bond acceptors (Lipinski definition) is 8. The third-order valence-electron chi connectivity index (χ3n) is 4.64. The van der Waals surface area contributed by atoms with Crippen molar-refractivity contribution in [3.8, 4) is 0 Å². The van der Waals surface area contributed by atoms with Crippen molar-refractivity contribution >= 4 is 34.3 Å². The zero-order valence-electron chi connectivity index (χ0n) is 13.8. The Morgan fingerprint density at radius 1 is 1.15 bits per heavy atom.